The van der Waals surface area contributed by atoms with E-state index in [1.54, 1.807) is 0 Å². The molecule has 0 atom stereocenters. The van der Waals surface area contributed by atoms with Crippen molar-refractivity contribution in [3.05, 3.63) is 67.8 Å². The molecule has 17 heavy (non-hydrogen) atoms. The van der Waals surface area contributed by atoms with Gasteiger partial charge in [0.15, 0.2) is 0 Å². The maximum absolute atomic E-state index is 9.67. The van der Waals surface area contributed by atoms with Crippen molar-refractivity contribution in [3.63, 3.8) is 0 Å². The molecule has 4 heteroatoms. The van der Waals surface area contributed by atoms with Crippen molar-refractivity contribution in [2.24, 2.45) is 0 Å². The van der Waals surface area contributed by atoms with Crippen molar-refractivity contribution >= 4 is 0 Å². The first kappa shape index (κ1) is 14.0. The normalized spacial score (nSPS) is 9.88. The van der Waals surface area contributed by atoms with E-state index in [9.17, 15) is 13.2 Å². The van der Waals surface area contributed by atoms with E-state index in [4.69, 9.17) is 0 Å². The summed E-state index contributed by atoms with van der Waals surface area (Å²) in [6.07, 6.45) is 0. The van der Waals surface area contributed by atoms with Gasteiger partial charge in [-0.25, -0.2) is 0 Å². The van der Waals surface area contributed by atoms with E-state index in [-0.39, 0.29) is 21.2 Å². The predicted octanol–water partition coefficient (Wildman–Crippen LogP) is 0.993. The number of halogens is 4. The molecular formula is C13H11F3I-. The fraction of sp³-hybridized carbons (Fsp3) is 0.0769. The van der Waals surface area contributed by atoms with Crippen LogP contribution in [-0.2, 0) is 0 Å². The van der Waals surface area contributed by atoms with Gasteiger partial charge >= 0.3 is 95.7 Å². The summed E-state index contributed by atoms with van der Waals surface area (Å²) in [6, 6.07) is 21.4. The van der Waals surface area contributed by atoms with Crippen molar-refractivity contribution in [1.82, 2.24) is 0 Å². The van der Waals surface area contributed by atoms with E-state index < -0.39 is 6.68 Å². The summed E-state index contributed by atoms with van der Waals surface area (Å²) < 4.78 is 32.0. The second kappa shape index (κ2) is 8.11. The molecule has 0 aromatic heterocycles. The summed E-state index contributed by atoms with van der Waals surface area (Å²) in [4.78, 5) is 0. The Kier molecular flexibility index (Phi) is 6.69. The molecule has 0 fully saturated rings. The van der Waals surface area contributed by atoms with Gasteiger partial charge in [-0.1, -0.05) is 0 Å². The second-order valence-electron chi connectivity index (χ2n) is 2.93. The van der Waals surface area contributed by atoms with Crippen molar-refractivity contribution < 1.29 is 34.4 Å². The first-order valence-electron chi connectivity index (χ1n) is 4.85. The Morgan fingerprint density at radius 1 is 0.647 bits per heavy atom. The summed E-state index contributed by atoms with van der Waals surface area (Å²) in [5, 5.41) is 0. The third-order valence-electron chi connectivity index (χ3n) is 1.68. The van der Waals surface area contributed by atoms with Crippen LogP contribution in [0.4, 0.5) is 13.2 Å². The molecule has 0 spiro atoms. The first-order valence-corrected chi connectivity index (χ1v) is 7.01. The Hall–Kier alpha value is -1.04. The zero-order chi connectivity index (χ0) is 12.5. The topological polar surface area (TPSA) is 0 Å². The SMILES string of the molecule is FC(F)F.c1ccc([I-]c2ccccc2)cc1. The summed E-state index contributed by atoms with van der Waals surface area (Å²) in [6.45, 7) is -3.67. The second-order valence-corrected chi connectivity index (χ2v) is 5.96. The fourth-order valence-electron chi connectivity index (χ4n) is 1.08. The zero-order valence-corrected chi connectivity index (χ0v) is 11.0. The van der Waals surface area contributed by atoms with Crippen LogP contribution in [0.3, 0.4) is 0 Å². The summed E-state index contributed by atoms with van der Waals surface area (Å²) in [5.41, 5.74) is 0. The van der Waals surface area contributed by atoms with E-state index in [1.807, 2.05) is 0 Å². The molecule has 92 valence electrons. The third kappa shape index (κ3) is 6.99. The number of hydrogen-bond acceptors (Lipinski definition) is 0. The van der Waals surface area contributed by atoms with Crippen molar-refractivity contribution in [3.8, 4) is 0 Å². The molecule has 0 amide bonds. The van der Waals surface area contributed by atoms with Gasteiger partial charge in [0.05, 0.1) is 0 Å². The number of benzene rings is 2. The molecule has 0 saturated heterocycles. The summed E-state index contributed by atoms with van der Waals surface area (Å²) in [7, 11) is 0. The molecule has 0 unspecified atom stereocenters. The quantitative estimate of drug-likeness (QED) is 0.709. The minimum absolute atomic E-state index is 0.0287. The molecule has 0 nitrogen and oxygen atoms in total. The van der Waals surface area contributed by atoms with E-state index >= 15 is 0 Å². The molecular weight excluding hydrogens is 340 g/mol. The van der Waals surface area contributed by atoms with Crippen LogP contribution in [0.1, 0.15) is 0 Å². The summed E-state index contributed by atoms with van der Waals surface area (Å²) >= 11 is 0.0287. The van der Waals surface area contributed by atoms with Crippen molar-refractivity contribution in [1.29, 1.82) is 0 Å². The van der Waals surface area contributed by atoms with Crippen LogP contribution in [-0.4, -0.2) is 6.68 Å². The molecule has 2 aromatic carbocycles. The first-order chi connectivity index (χ1) is 8.18. The van der Waals surface area contributed by atoms with Gasteiger partial charge in [-0.05, 0) is 0 Å². The predicted molar refractivity (Wildman–Crippen MR) is 57.4 cm³/mol. The fourth-order valence-corrected chi connectivity index (χ4v) is 3.35. The van der Waals surface area contributed by atoms with Crippen LogP contribution in [0.2, 0.25) is 0 Å². The number of rotatable bonds is 2. The van der Waals surface area contributed by atoms with E-state index in [0.29, 0.717) is 0 Å². The molecule has 0 aliphatic heterocycles. The molecule has 0 bridgehead atoms. The maximum atomic E-state index is 9.67. The van der Waals surface area contributed by atoms with Gasteiger partial charge in [0, 0.05) is 0 Å². The van der Waals surface area contributed by atoms with Gasteiger partial charge in [0.2, 0.25) is 0 Å². The standard InChI is InChI=1S/C12H10I.CHF3/c1-3-7-11(8-4-1)13-12-9-5-2-6-10-12;2-1(3)4/h1-10H;1H/q-1;. The average molecular weight is 351 g/mol. The Morgan fingerprint density at radius 2 is 0.941 bits per heavy atom. The Balaban J connectivity index is 0.000000317. The molecule has 2 rings (SSSR count). The van der Waals surface area contributed by atoms with Gasteiger partial charge in [-0.2, -0.15) is 13.2 Å². The van der Waals surface area contributed by atoms with E-state index in [2.05, 4.69) is 60.7 Å². The van der Waals surface area contributed by atoms with Gasteiger partial charge in [0.1, 0.15) is 0 Å². The van der Waals surface area contributed by atoms with Crippen LogP contribution >= 0.6 is 0 Å². The molecule has 2 aromatic rings. The minimum atomic E-state index is -3.67. The van der Waals surface area contributed by atoms with Crippen molar-refractivity contribution in [2.45, 2.75) is 6.68 Å². The molecule has 0 aliphatic carbocycles. The van der Waals surface area contributed by atoms with Gasteiger partial charge < -0.3 is 0 Å². The average Bonchev–Trinajstić information content (AvgIpc) is 2.31. The Morgan fingerprint density at radius 3 is 1.24 bits per heavy atom. The van der Waals surface area contributed by atoms with Gasteiger partial charge in [0.25, 0.3) is 0 Å². The summed E-state index contributed by atoms with van der Waals surface area (Å²) in [5.74, 6) is 0. The van der Waals surface area contributed by atoms with Crippen LogP contribution < -0.4 is 21.2 Å². The third-order valence-corrected chi connectivity index (χ3v) is 4.37. The number of hydrogen-bond donors (Lipinski definition) is 0. The molecule has 0 N–H and O–H groups in total. The Labute approximate surface area is 109 Å². The monoisotopic (exact) mass is 351 g/mol. The van der Waals surface area contributed by atoms with E-state index in [0.717, 1.165) is 0 Å². The van der Waals surface area contributed by atoms with Crippen LogP contribution in [0.15, 0.2) is 60.7 Å². The van der Waals surface area contributed by atoms with Crippen LogP contribution in [0.5, 0.6) is 0 Å². The van der Waals surface area contributed by atoms with Crippen LogP contribution in [0, 0.1) is 7.14 Å². The number of alkyl halides is 3. The van der Waals surface area contributed by atoms with Gasteiger partial charge in [-0.3, -0.25) is 0 Å². The van der Waals surface area contributed by atoms with Crippen molar-refractivity contribution in [2.75, 3.05) is 0 Å². The van der Waals surface area contributed by atoms with E-state index in [1.165, 1.54) is 7.14 Å². The Bertz CT molecular complexity index is 363. The molecule has 0 heterocycles. The zero-order valence-electron chi connectivity index (χ0n) is 8.86. The molecule has 0 radical (unpaired) electrons. The van der Waals surface area contributed by atoms with Crippen LogP contribution in [0.25, 0.3) is 0 Å². The van der Waals surface area contributed by atoms with Gasteiger partial charge in [-0.15, -0.1) is 0 Å². The molecule has 0 saturated carbocycles. The molecule has 0 aliphatic rings.